The quantitative estimate of drug-likeness (QED) is 0.725. The molecule has 28 heavy (non-hydrogen) atoms. The molecule has 0 aliphatic carbocycles. The second-order valence-corrected chi connectivity index (χ2v) is 11.5. The van der Waals surface area contributed by atoms with Gasteiger partial charge in [-0.3, -0.25) is 0 Å². The van der Waals surface area contributed by atoms with E-state index in [9.17, 15) is 8.42 Å². The minimum absolute atomic E-state index is 0.200. The van der Waals surface area contributed by atoms with E-state index >= 15 is 0 Å². The van der Waals surface area contributed by atoms with Gasteiger partial charge in [-0.2, -0.15) is 4.31 Å². The van der Waals surface area contributed by atoms with E-state index in [0.29, 0.717) is 19.0 Å². The summed E-state index contributed by atoms with van der Waals surface area (Å²) >= 11 is 7.99. The van der Waals surface area contributed by atoms with Gasteiger partial charge in [-0.05, 0) is 51.4 Å². The summed E-state index contributed by atoms with van der Waals surface area (Å²) in [6.45, 7) is 5.29. The van der Waals surface area contributed by atoms with Crippen LogP contribution in [0.4, 0.5) is 5.13 Å². The van der Waals surface area contributed by atoms with Crippen LogP contribution in [-0.2, 0) is 10.0 Å². The number of hydrogen-bond donors (Lipinski definition) is 0. The molecule has 0 saturated carbocycles. The van der Waals surface area contributed by atoms with E-state index in [2.05, 4.69) is 16.7 Å². The SMILES string of the molecule is CC1CCN(c2nc3cc(Cl)c(S(=O)(=O)N4CCCC(N(C)C)C4)cc3s2)C1. The molecule has 0 amide bonds. The van der Waals surface area contributed by atoms with Crippen molar-refractivity contribution in [1.82, 2.24) is 14.2 Å². The fourth-order valence-electron chi connectivity index (χ4n) is 4.06. The summed E-state index contributed by atoms with van der Waals surface area (Å²) in [7, 11) is 0.367. The molecule has 4 rings (SSSR count). The summed E-state index contributed by atoms with van der Waals surface area (Å²) in [5.41, 5.74) is 0.772. The molecule has 2 unspecified atom stereocenters. The van der Waals surface area contributed by atoms with Crippen LogP contribution < -0.4 is 4.90 Å². The number of thiazole rings is 1. The first-order chi connectivity index (χ1) is 13.3. The van der Waals surface area contributed by atoms with Gasteiger partial charge in [-0.15, -0.1) is 0 Å². The number of hydrogen-bond acceptors (Lipinski definition) is 6. The number of likely N-dealkylation sites (N-methyl/N-ethyl adjacent to an activating group) is 1. The van der Waals surface area contributed by atoms with Crippen molar-refractivity contribution in [3.63, 3.8) is 0 Å². The van der Waals surface area contributed by atoms with Crippen molar-refractivity contribution in [2.75, 3.05) is 45.2 Å². The van der Waals surface area contributed by atoms with Gasteiger partial charge in [0.25, 0.3) is 0 Å². The van der Waals surface area contributed by atoms with Crippen molar-refractivity contribution in [2.45, 2.75) is 37.1 Å². The van der Waals surface area contributed by atoms with Gasteiger partial charge in [0.2, 0.25) is 10.0 Å². The van der Waals surface area contributed by atoms with Crippen molar-refractivity contribution in [3.05, 3.63) is 17.2 Å². The molecule has 0 bridgehead atoms. The number of sulfonamides is 1. The normalized spacial score (nSPS) is 24.5. The Kier molecular flexibility index (Phi) is 5.61. The van der Waals surface area contributed by atoms with Crippen LogP contribution >= 0.6 is 22.9 Å². The van der Waals surface area contributed by atoms with Gasteiger partial charge in [0, 0.05) is 32.2 Å². The molecule has 0 N–H and O–H groups in total. The molecule has 0 radical (unpaired) electrons. The van der Waals surface area contributed by atoms with Crippen LogP contribution in [-0.4, -0.2) is 68.9 Å². The first kappa shape index (κ1) is 20.3. The van der Waals surface area contributed by atoms with Crippen molar-refractivity contribution in [3.8, 4) is 0 Å². The zero-order chi connectivity index (χ0) is 20.1. The Morgan fingerprint density at radius 1 is 1.21 bits per heavy atom. The fraction of sp³-hybridized carbons (Fsp3) is 0.632. The molecule has 1 aromatic carbocycles. The van der Waals surface area contributed by atoms with Gasteiger partial charge >= 0.3 is 0 Å². The van der Waals surface area contributed by atoms with Crippen LogP contribution in [0.5, 0.6) is 0 Å². The number of benzene rings is 1. The van der Waals surface area contributed by atoms with Gasteiger partial charge in [0.15, 0.2) is 5.13 Å². The Balaban J connectivity index is 1.66. The van der Waals surface area contributed by atoms with E-state index in [1.165, 1.54) is 0 Å². The third-order valence-electron chi connectivity index (χ3n) is 5.83. The zero-order valence-corrected chi connectivity index (χ0v) is 18.9. The summed E-state index contributed by atoms with van der Waals surface area (Å²) in [6, 6.07) is 3.65. The van der Waals surface area contributed by atoms with E-state index in [0.717, 1.165) is 47.7 Å². The summed E-state index contributed by atoms with van der Waals surface area (Å²) in [5.74, 6) is 0.662. The topological polar surface area (TPSA) is 56.8 Å². The molecule has 154 valence electrons. The van der Waals surface area contributed by atoms with Gasteiger partial charge < -0.3 is 9.80 Å². The number of anilines is 1. The Labute approximate surface area is 176 Å². The molecular weight excluding hydrogens is 416 g/mol. The van der Waals surface area contributed by atoms with Crippen LogP contribution in [0.25, 0.3) is 10.2 Å². The lowest BCUT2D eigenvalue weighted by molar-refractivity contribution is 0.190. The van der Waals surface area contributed by atoms with Crippen molar-refractivity contribution in [1.29, 1.82) is 0 Å². The third kappa shape index (κ3) is 3.77. The van der Waals surface area contributed by atoms with Gasteiger partial charge in [0.05, 0.1) is 15.2 Å². The first-order valence-electron chi connectivity index (χ1n) is 9.77. The highest BCUT2D eigenvalue weighted by molar-refractivity contribution is 7.89. The molecule has 2 aliphatic rings. The summed E-state index contributed by atoms with van der Waals surface area (Å²) in [6.07, 6.45) is 3.04. The smallest absolute Gasteiger partial charge is 0.244 e. The molecule has 2 atom stereocenters. The van der Waals surface area contributed by atoms with E-state index in [4.69, 9.17) is 16.6 Å². The minimum Gasteiger partial charge on any atom is -0.348 e. The summed E-state index contributed by atoms with van der Waals surface area (Å²) < 4.78 is 29.1. The molecule has 2 aromatic rings. The number of piperidine rings is 1. The summed E-state index contributed by atoms with van der Waals surface area (Å²) in [5, 5.41) is 1.21. The van der Waals surface area contributed by atoms with Crippen LogP contribution in [0, 0.1) is 5.92 Å². The highest BCUT2D eigenvalue weighted by Gasteiger charge is 2.33. The average molecular weight is 443 g/mol. The molecule has 3 heterocycles. The zero-order valence-electron chi connectivity index (χ0n) is 16.6. The Morgan fingerprint density at radius 3 is 2.68 bits per heavy atom. The Hall–Kier alpha value is -0.930. The van der Waals surface area contributed by atoms with Crippen molar-refractivity contribution < 1.29 is 8.42 Å². The van der Waals surface area contributed by atoms with E-state index < -0.39 is 10.0 Å². The molecule has 6 nitrogen and oxygen atoms in total. The maximum absolute atomic E-state index is 13.3. The lowest BCUT2D eigenvalue weighted by Gasteiger charge is -2.35. The Bertz CT molecular complexity index is 976. The number of nitrogens with zero attached hydrogens (tertiary/aromatic N) is 4. The van der Waals surface area contributed by atoms with Crippen LogP contribution in [0.15, 0.2) is 17.0 Å². The number of rotatable bonds is 4. The molecule has 2 aliphatic heterocycles. The lowest BCUT2D eigenvalue weighted by Crippen LogP contribution is -2.47. The minimum atomic E-state index is -3.63. The maximum Gasteiger partial charge on any atom is 0.244 e. The first-order valence-corrected chi connectivity index (χ1v) is 12.4. The predicted octanol–water partition coefficient (Wildman–Crippen LogP) is 3.51. The standard InChI is InChI=1S/C19H27ClN4O2S2/c1-13-6-8-23(11-13)19-21-16-9-15(20)18(10-17(16)27-19)28(25,26)24-7-4-5-14(12-24)22(2)3/h9-10,13-14H,4-8,11-12H2,1-3H3. The van der Waals surface area contributed by atoms with Crippen LogP contribution in [0.1, 0.15) is 26.2 Å². The number of fused-ring (bicyclic) bond motifs is 1. The molecule has 2 saturated heterocycles. The van der Waals surface area contributed by atoms with E-state index in [-0.39, 0.29) is 16.0 Å². The van der Waals surface area contributed by atoms with Gasteiger partial charge in [-0.25, -0.2) is 13.4 Å². The number of halogens is 1. The molecular formula is C19H27ClN4O2S2. The molecule has 0 spiro atoms. The van der Waals surface area contributed by atoms with Crippen LogP contribution in [0.3, 0.4) is 0 Å². The Morgan fingerprint density at radius 2 is 2.00 bits per heavy atom. The third-order valence-corrected chi connectivity index (χ3v) is 9.24. The predicted molar refractivity (Wildman–Crippen MR) is 116 cm³/mol. The highest BCUT2D eigenvalue weighted by atomic mass is 35.5. The second kappa shape index (κ2) is 7.72. The van der Waals surface area contributed by atoms with E-state index in [1.807, 2.05) is 14.1 Å². The van der Waals surface area contributed by atoms with Crippen molar-refractivity contribution >= 4 is 48.3 Å². The monoisotopic (exact) mass is 442 g/mol. The number of aromatic nitrogens is 1. The lowest BCUT2D eigenvalue weighted by atomic mass is 10.1. The van der Waals surface area contributed by atoms with Crippen molar-refractivity contribution in [2.24, 2.45) is 5.92 Å². The highest BCUT2D eigenvalue weighted by Crippen LogP contribution is 2.37. The maximum atomic E-state index is 13.3. The molecule has 2 fully saturated rings. The van der Waals surface area contributed by atoms with Gasteiger partial charge in [-0.1, -0.05) is 29.9 Å². The van der Waals surface area contributed by atoms with E-state index in [1.54, 1.807) is 27.8 Å². The molecule has 9 heteroatoms. The summed E-state index contributed by atoms with van der Waals surface area (Å²) in [4.78, 5) is 9.28. The fourth-order valence-corrected chi connectivity index (χ4v) is 7.19. The largest absolute Gasteiger partial charge is 0.348 e. The van der Waals surface area contributed by atoms with Gasteiger partial charge in [0.1, 0.15) is 4.90 Å². The molecule has 1 aromatic heterocycles. The van der Waals surface area contributed by atoms with Crippen LogP contribution in [0.2, 0.25) is 5.02 Å². The average Bonchev–Trinajstić information content (AvgIpc) is 3.26. The second-order valence-electron chi connectivity index (χ2n) is 8.21.